The molecule has 0 saturated heterocycles. The van der Waals surface area contributed by atoms with Crippen LogP contribution in [0.2, 0.25) is 0 Å². The molecule has 2 unspecified atom stereocenters. The molecule has 1 aromatic rings. The quantitative estimate of drug-likeness (QED) is 0.846. The van der Waals surface area contributed by atoms with Crippen LogP contribution in [0.5, 0.6) is 0 Å². The van der Waals surface area contributed by atoms with Gasteiger partial charge < -0.3 is 5.11 Å². The van der Waals surface area contributed by atoms with E-state index in [0.29, 0.717) is 5.25 Å². The first-order valence-corrected chi connectivity index (χ1v) is 6.60. The molecule has 0 bridgehead atoms. The van der Waals surface area contributed by atoms with Crippen LogP contribution in [-0.4, -0.2) is 26.7 Å². The van der Waals surface area contributed by atoms with Crippen LogP contribution in [0.3, 0.4) is 0 Å². The lowest BCUT2D eigenvalue weighted by molar-refractivity contribution is 0.137. The lowest BCUT2D eigenvalue weighted by Gasteiger charge is -2.25. The molecule has 1 N–H and O–H groups in total. The molecule has 2 rings (SSSR count). The number of hydrogen-bond donors (Lipinski definition) is 1. The topological polar surface area (TPSA) is 46.0 Å². The SMILES string of the molecule is Cc1nnc(SC2CCCCC2O)s1. The second-order valence-electron chi connectivity index (χ2n) is 3.60. The first-order valence-electron chi connectivity index (χ1n) is 4.90. The predicted molar refractivity (Wildman–Crippen MR) is 58.8 cm³/mol. The zero-order valence-electron chi connectivity index (χ0n) is 8.14. The summed E-state index contributed by atoms with van der Waals surface area (Å²) in [4.78, 5) is 0. The monoisotopic (exact) mass is 230 g/mol. The Morgan fingerprint density at radius 3 is 2.79 bits per heavy atom. The maximum absolute atomic E-state index is 9.77. The van der Waals surface area contributed by atoms with E-state index in [-0.39, 0.29) is 6.10 Å². The summed E-state index contributed by atoms with van der Waals surface area (Å²) < 4.78 is 0.994. The van der Waals surface area contributed by atoms with E-state index >= 15 is 0 Å². The molecule has 2 atom stereocenters. The van der Waals surface area contributed by atoms with Gasteiger partial charge in [0.25, 0.3) is 0 Å². The van der Waals surface area contributed by atoms with Crippen molar-refractivity contribution >= 4 is 23.1 Å². The van der Waals surface area contributed by atoms with E-state index in [4.69, 9.17) is 0 Å². The number of aliphatic hydroxyl groups excluding tert-OH is 1. The summed E-state index contributed by atoms with van der Waals surface area (Å²) in [5.41, 5.74) is 0. The smallest absolute Gasteiger partial charge is 0.174 e. The van der Waals surface area contributed by atoms with Crippen molar-refractivity contribution in [2.45, 2.75) is 48.3 Å². The number of hydrogen-bond acceptors (Lipinski definition) is 5. The second-order valence-corrected chi connectivity index (χ2v) is 6.26. The summed E-state index contributed by atoms with van der Waals surface area (Å²) in [6.45, 7) is 1.96. The molecule has 14 heavy (non-hydrogen) atoms. The minimum atomic E-state index is -0.155. The van der Waals surface area contributed by atoms with Crippen molar-refractivity contribution in [3.05, 3.63) is 5.01 Å². The first-order chi connectivity index (χ1) is 6.75. The highest BCUT2D eigenvalue weighted by atomic mass is 32.2. The van der Waals surface area contributed by atoms with Crippen LogP contribution >= 0.6 is 23.1 Å². The average molecular weight is 230 g/mol. The number of aliphatic hydroxyl groups is 1. The molecule has 0 aromatic carbocycles. The van der Waals surface area contributed by atoms with Gasteiger partial charge in [-0.05, 0) is 19.8 Å². The van der Waals surface area contributed by atoms with Gasteiger partial charge in [-0.1, -0.05) is 35.9 Å². The Morgan fingerprint density at radius 1 is 1.36 bits per heavy atom. The van der Waals surface area contributed by atoms with Gasteiger partial charge in [0.05, 0.1) is 6.10 Å². The highest BCUT2D eigenvalue weighted by Gasteiger charge is 2.24. The first kappa shape index (κ1) is 10.4. The Bertz CT molecular complexity index is 303. The normalized spacial score (nSPS) is 27.9. The second kappa shape index (κ2) is 4.59. The number of nitrogens with zero attached hydrogens (tertiary/aromatic N) is 2. The van der Waals surface area contributed by atoms with Gasteiger partial charge in [0.15, 0.2) is 4.34 Å². The lowest BCUT2D eigenvalue weighted by atomic mass is 9.97. The minimum absolute atomic E-state index is 0.155. The van der Waals surface area contributed by atoms with Gasteiger partial charge in [-0.15, -0.1) is 10.2 Å². The van der Waals surface area contributed by atoms with E-state index in [1.54, 1.807) is 23.1 Å². The zero-order chi connectivity index (χ0) is 9.97. The predicted octanol–water partition coefficient (Wildman–Crippen LogP) is 2.24. The Morgan fingerprint density at radius 2 is 2.14 bits per heavy atom. The van der Waals surface area contributed by atoms with Crippen LogP contribution in [0.15, 0.2) is 4.34 Å². The molecule has 78 valence electrons. The summed E-state index contributed by atoms with van der Waals surface area (Å²) in [6.07, 6.45) is 4.28. The molecule has 0 aliphatic heterocycles. The Kier molecular flexibility index (Phi) is 3.41. The fourth-order valence-electron chi connectivity index (χ4n) is 1.67. The molecule has 5 heteroatoms. The van der Waals surface area contributed by atoms with Gasteiger partial charge in [-0.25, -0.2) is 0 Å². The van der Waals surface area contributed by atoms with E-state index in [2.05, 4.69) is 10.2 Å². The van der Waals surface area contributed by atoms with Crippen molar-refractivity contribution < 1.29 is 5.11 Å². The van der Waals surface area contributed by atoms with E-state index in [0.717, 1.165) is 28.6 Å². The van der Waals surface area contributed by atoms with Crippen LogP contribution in [0.25, 0.3) is 0 Å². The van der Waals surface area contributed by atoms with E-state index < -0.39 is 0 Å². The van der Waals surface area contributed by atoms with Crippen LogP contribution in [0, 0.1) is 6.92 Å². The average Bonchev–Trinajstić information content (AvgIpc) is 2.56. The lowest BCUT2D eigenvalue weighted by Crippen LogP contribution is -2.26. The Balaban J connectivity index is 1.95. The fraction of sp³-hybridized carbons (Fsp3) is 0.778. The third kappa shape index (κ3) is 2.46. The van der Waals surface area contributed by atoms with Crippen LogP contribution in [0.1, 0.15) is 30.7 Å². The van der Waals surface area contributed by atoms with Gasteiger partial charge in [0.1, 0.15) is 5.01 Å². The molecular formula is C9H14N2OS2. The highest BCUT2D eigenvalue weighted by molar-refractivity contribution is 8.01. The maximum atomic E-state index is 9.77. The Hall–Kier alpha value is -0.130. The minimum Gasteiger partial charge on any atom is -0.392 e. The summed E-state index contributed by atoms with van der Waals surface area (Å²) in [7, 11) is 0. The van der Waals surface area contributed by atoms with Crippen molar-refractivity contribution in [2.24, 2.45) is 0 Å². The molecule has 0 spiro atoms. The number of aromatic nitrogens is 2. The van der Waals surface area contributed by atoms with Gasteiger partial charge in [0.2, 0.25) is 0 Å². The molecule has 0 amide bonds. The maximum Gasteiger partial charge on any atom is 0.174 e. The van der Waals surface area contributed by atoms with Crippen molar-refractivity contribution in [3.63, 3.8) is 0 Å². The third-order valence-corrected chi connectivity index (χ3v) is 4.74. The number of thioether (sulfide) groups is 1. The van der Waals surface area contributed by atoms with Crippen LogP contribution < -0.4 is 0 Å². The Labute approximate surface area is 91.9 Å². The molecule has 1 aliphatic carbocycles. The summed E-state index contributed by atoms with van der Waals surface area (Å²) in [5.74, 6) is 0. The van der Waals surface area contributed by atoms with Crippen LogP contribution in [0.4, 0.5) is 0 Å². The van der Waals surface area contributed by atoms with Crippen molar-refractivity contribution in [2.75, 3.05) is 0 Å². The third-order valence-electron chi connectivity index (χ3n) is 2.43. The van der Waals surface area contributed by atoms with E-state index in [9.17, 15) is 5.11 Å². The molecule has 1 fully saturated rings. The molecule has 1 aliphatic rings. The molecule has 1 heterocycles. The largest absolute Gasteiger partial charge is 0.392 e. The standard InChI is InChI=1S/C9H14N2OS2/c1-6-10-11-9(13-6)14-8-5-3-2-4-7(8)12/h7-8,12H,2-5H2,1H3. The molecule has 1 aromatic heterocycles. The number of aryl methyl sites for hydroxylation is 1. The van der Waals surface area contributed by atoms with Crippen molar-refractivity contribution in [3.8, 4) is 0 Å². The van der Waals surface area contributed by atoms with Gasteiger partial charge >= 0.3 is 0 Å². The van der Waals surface area contributed by atoms with Crippen molar-refractivity contribution in [1.29, 1.82) is 0 Å². The molecule has 3 nitrogen and oxygen atoms in total. The zero-order valence-corrected chi connectivity index (χ0v) is 9.77. The van der Waals surface area contributed by atoms with Crippen LogP contribution in [-0.2, 0) is 0 Å². The summed E-state index contributed by atoms with van der Waals surface area (Å²) in [6, 6.07) is 0. The summed E-state index contributed by atoms with van der Waals surface area (Å²) >= 11 is 3.30. The van der Waals surface area contributed by atoms with Crippen molar-refractivity contribution in [1.82, 2.24) is 10.2 Å². The van der Waals surface area contributed by atoms with Gasteiger partial charge in [-0.3, -0.25) is 0 Å². The fourth-order valence-corrected chi connectivity index (χ4v) is 3.94. The molecule has 1 saturated carbocycles. The highest BCUT2D eigenvalue weighted by Crippen LogP contribution is 2.34. The van der Waals surface area contributed by atoms with E-state index in [1.807, 2.05) is 6.92 Å². The number of rotatable bonds is 2. The summed E-state index contributed by atoms with van der Waals surface area (Å²) in [5, 5.41) is 19.1. The van der Waals surface area contributed by atoms with E-state index in [1.165, 1.54) is 6.42 Å². The van der Waals surface area contributed by atoms with Gasteiger partial charge in [-0.2, -0.15) is 0 Å². The molecular weight excluding hydrogens is 216 g/mol. The molecule has 0 radical (unpaired) electrons. The van der Waals surface area contributed by atoms with Gasteiger partial charge in [0, 0.05) is 5.25 Å².